The normalized spacial score (nSPS) is 11.3. The first-order chi connectivity index (χ1) is 8.39. The van der Waals surface area contributed by atoms with Crippen molar-refractivity contribution in [2.75, 3.05) is 5.88 Å². The molecule has 3 nitrogen and oxygen atoms in total. The van der Waals surface area contributed by atoms with Crippen molar-refractivity contribution >= 4 is 23.4 Å². The van der Waals surface area contributed by atoms with Crippen LogP contribution >= 0.6 is 11.6 Å². The number of hydrogen-bond acceptors (Lipinski definition) is 2. The van der Waals surface area contributed by atoms with Crippen molar-refractivity contribution in [1.29, 1.82) is 0 Å². The van der Waals surface area contributed by atoms with Gasteiger partial charge in [0.25, 0.3) is 0 Å². The van der Waals surface area contributed by atoms with Crippen LogP contribution in [0, 0.1) is 0 Å². The van der Waals surface area contributed by atoms with Crippen molar-refractivity contribution in [3.8, 4) is 0 Å². The minimum Gasteiger partial charge on any atom is -0.481 e. The second kappa shape index (κ2) is 6.01. The number of Topliss-reactive ketones (excluding diaryl/α,β-unsaturated/α-hetero) is 1. The van der Waals surface area contributed by atoms with Gasteiger partial charge in [-0.05, 0) is 25.0 Å². The lowest BCUT2D eigenvalue weighted by Gasteiger charge is -2.22. The van der Waals surface area contributed by atoms with Gasteiger partial charge in [0, 0.05) is 18.7 Å². The molecule has 0 amide bonds. The summed E-state index contributed by atoms with van der Waals surface area (Å²) in [5.74, 6) is -0.582. The van der Waals surface area contributed by atoms with Gasteiger partial charge in [-0.3, -0.25) is 9.59 Å². The number of benzene rings is 1. The molecule has 0 heterocycles. The molecule has 0 aliphatic rings. The molecule has 0 bridgehead atoms. The quantitative estimate of drug-likeness (QED) is 0.807. The topological polar surface area (TPSA) is 54.4 Å². The molecule has 18 heavy (non-hydrogen) atoms. The van der Waals surface area contributed by atoms with E-state index in [0.717, 1.165) is 5.56 Å². The summed E-state index contributed by atoms with van der Waals surface area (Å²) in [6, 6.07) is 7.16. The molecule has 4 heteroatoms. The minimum absolute atomic E-state index is 0.0265. The number of carboxylic acids is 1. The average Bonchev–Trinajstić information content (AvgIpc) is 2.29. The van der Waals surface area contributed by atoms with Gasteiger partial charge in [-0.1, -0.05) is 24.3 Å². The summed E-state index contributed by atoms with van der Waals surface area (Å²) in [4.78, 5) is 22.9. The number of ketones is 1. The van der Waals surface area contributed by atoms with E-state index in [1.807, 2.05) is 6.07 Å². The molecule has 1 aromatic rings. The van der Waals surface area contributed by atoms with E-state index >= 15 is 0 Å². The summed E-state index contributed by atoms with van der Waals surface area (Å²) in [5, 5.41) is 9.25. The van der Waals surface area contributed by atoms with Crippen LogP contribution in [0.3, 0.4) is 0 Å². The minimum atomic E-state index is -1.00. The summed E-state index contributed by atoms with van der Waals surface area (Å²) in [6.45, 7) is 3.28. The molecule has 98 valence electrons. The molecule has 0 aliphatic carbocycles. The maximum atomic E-state index is 11.6. The lowest BCUT2D eigenvalue weighted by Crippen LogP contribution is -2.30. The van der Waals surface area contributed by atoms with E-state index in [1.54, 1.807) is 32.0 Å². The van der Waals surface area contributed by atoms with E-state index < -0.39 is 11.4 Å². The Bertz CT molecular complexity index is 452. The summed E-state index contributed by atoms with van der Waals surface area (Å²) >= 11 is 5.53. The maximum absolute atomic E-state index is 11.6. The molecule has 0 saturated carbocycles. The number of carbonyl (C=O) groups is 2. The fraction of sp³-hybridized carbons (Fsp3) is 0.429. The number of hydrogen-bond donors (Lipinski definition) is 1. The highest BCUT2D eigenvalue weighted by molar-refractivity contribution is 6.19. The van der Waals surface area contributed by atoms with Gasteiger partial charge in [-0.15, -0.1) is 11.6 Å². The van der Waals surface area contributed by atoms with E-state index in [1.165, 1.54) is 0 Å². The molecule has 0 aliphatic heterocycles. The van der Waals surface area contributed by atoms with Gasteiger partial charge >= 0.3 is 5.97 Å². The van der Waals surface area contributed by atoms with Crippen molar-refractivity contribution < 1.29 is 14.7 Å². The average molecular weight is 269 g/mol. The molecular weight excluding hydrogens is 252 g/mol. The predicted molar refractivity (Wildman–Crippen MR) is 71.2 cm³/mol. The smallest absolute Gasteiger partial charge is 0.313 e. The van der Waals surface area contributed by atoms with Gasteiger partial charge in [0.15, 0.2) is 0 Å². The van der Waals surface area contributed by atoms with E-state index in [4.69, 9.17) is 11.6 Å². The Morgan fingerprint density at radius 1 is 1.28 bits per heavy atom. The zero-order valence-electron chi connectivity index (χ0n) is 10.6. The van der Waals surface area contributed by atoms with Crippen molar-refractivity contribution in [3.63, 3.8) is 0 Å². The second-order valence-electron chi connectivity index (χ2n) is 4.74. The Morgan fingerprint density at radius 3 is 2.44 bits per heavy atom. The first-order valence-corrected chi connectivity index (χ1v) is 6.32. The Balaban J connectivity index is 3.07. The first kappa shape index (κ1) is 14.7. The van der Waals surface area contributed by atoms with Gasteiger partial charge in [0.1, 0.15) is 5.78 Å². The van der Waals surface area contributed by atoms with Crippen molar-refractivity contribution in [2.24, 2.45) is 0 Å². The summed E-state index contributed by atoms with van der Waals surface area (Å²) in [6.07, 6.45) is 0.545. The molecule has 0 spiro atoms. The van der Waals surface area contributed by atoms with Crippen LogP contribution in [0.25, 0.3) is 0 Å². The fourth-order valence-corrected chi connectivity index (χ4v) is 2.02. The van der Waals surface area contributed by atoms with Gasteiger partial charge in [-0.25, -0.2) is 0 Å². The van der Waals surface area contributed by atoms with Crippen LogP contribution < -0.4 is 0 Å². The molecule has 0 unspecified atom stereocenters. The number of rotatable bonds is 6. The van der Waals surface area contributed by atoms with Crippen LogP contribution in [-0.2, 0) is 21.4 Å². The first-order valence-electron chi connectivity index (χ1n) is 5.79. The zero-order valence-corrected chi connectivity index (χ0v) is 11.3. The number of alkyl halides is 1. The Labute approximate surface area is 112 Å². The molecule has 1 rings (SSSR count). The number of aliphatic carboxylic acids is 1. The standard InChI is InChI=1S/C14H17ClO3/c1-14(2,13(17)18)12-6-4-3-5-10(12)9-11(16)7-8-15/h3-6H,7-9H2,1-2H3,(H,17,18). The predicted octanol–water partition coefficient (Wildman–Crippen LogP) is 2.79. The third-order valence-corrected chi connectivity index (χ3v) is 3.18. The van der Waals surface area contributed by atoms with Crippen molar-refractivity contribution in [3.05, 3.63) is 35.4 Å². The third-order valence-electron chi connectivity index (χ3n) is 2.99. The van der Waals surface area contributed by atoms with E-state index in [0.29, 0.717) is 17.9 Å². The molecular formula is C14H17ClO3. The van der Waals surface area contributed by atoms with E-state index in [-0.39, 0.29) is 12.2 Å². The summed E-state index contributed by atoms with van der Waals surface area (Å²) in [7, 11) is 0. The second-order valence-corrected chi connectivity index (χ2v) is 5.12. The highest BCUT2D eigenvalue weighted by atomic mass is 35.5. The van der Waals surface area contributed by atoms with Crippen molar-refractivity contribution in [2.45, 2.75) is 32.1 Å². The van der Waals surface area contributed by atoms with Crippen LogP contribution in [-0.4, -0.2) is 22.7 Å². The maximum Gasteiger partial charge on any atom is 0.313 e. The largest absolute Gasteiger partial charge is 0.481 e. The lowest BCUT2D eigenvalue weighted by molar-refractivity contribution is -0.142. The van der Waals surface area contributed by atoms with Gasteiger partial charge < -0.3 is 5.11 Å². The number of carbonyl (C=O) groups excluding carboxylic acids is 1. The van der Waals surface area contributed by atoms with E-state index in [2.05, 4.69) is 0 Å². The molecule has 1 aromatic carbocycles. The van der Waals surface area contributed by atoms with Crippen LogP contribution in [0.15, 0.2) is 24.3 Å². The molecule has 1 N–H and O–H groups in total. The Morgan fingerprint density at radius 2 is 1.89 bits per heavy atom. The fourth-order valence-electron chi connectivity index (χ4n) is 1.81. The molecule has 0 atom stereocenters. The molecule has 0 saturated heterocycles. The van der Waals surface area contributed by atoms with Gasteiger partial charge in [0.05, 0.1) is 5.41 Å². The monoisotopic (exact) mass is 268 g/mol. The number of halogens is 1. The third kappa shape index (κ3) is 3.33. The summed E-state index contributed by atoms with van der Waals surface area (Å²) < 4.78 is 0. The van der Waals surface area contributed by atoms with Gasteiger partial charge in [0.2, 0.25) is 0 Å². The van der Waals surface area contributed by atoms with Crippen LogP contribution in [0.5, 0.6) is 0 Å². The molecule has 0 aromatic heterocycles. The van der Waals surface area contributed by atoms with E-state index in [9.17, 15) is 14.7 Å². The SMILES string of the molecule is CC(C)(C(=O)O)c1ccccc1CC(=O)CCCl. The highest BCUT2D eigenvalue weighted by Gasteiger charge is 2.31. The molecule has 0 fully saturated rings. The zero-order chi connectivity index (χ0) is 13.8. The molecule has 0 radical (unpaired) electrons. The van der Waals surface area contributed by atoms with Gasteiger partial charge in [-0.2, -0.15) is 0 Å². The highest BCUT2D eigenvalue weighted by Crippen LogP contribution is 2.27. The van der Waals surface area contributed by atoms with Crippen molar-refractivity contribution in [1.82, 2.24) is 0 Å². The lowest BCUT2D eigenvalue weighted by atomic mass is 9.80. The van der Waals surface area contributed by atoms with Crippen LogP contribution in [0.2, 0.25) is 0 Å². The number of carboxylic acid groups (broad SMARTS) is 1. The van der Waals surface area contributed by atoms with Crippen LogP contribution in [0.4, 0.5) is 0 Å². The Kier molecular flexibility index (Phi) is 4.91. The Hall–Kier alpha value is -1.35. The summed E-state index contributed by atoms with van der Waals surface area (Å²) in [5.41, 5.74) is 0.443. The van der Waals surface area contributed by atoms with Crippen LogP contribution in [0.1, 0.15) is 31.4 Å².